The first-order valence-corrected chi connectivity index (χ1v) is 9.06. The van der Waals surface area contributed by atoms with Crippen LogP contribution in [0.25, 0.3) is 0 Å². The van der Waals surface area contributed by atoms with Gasteiger partial charge in [0.25, 0.3) is 0 Å². The molecular formula is C20H23N5O. The molecule has 0 amide bonds. The van der Waals surface area contributed by atoms with Crippen molar-refractivity contribution in [3.05, 3.63) is 71.5 Å². The third-order valence-corrected chi connectivity index (χ3v) is 4.58. The van der Waals surface area contributed by atoms with Gasteiger partial charge in [0.1, 0.15) is 12.4 Å². The van der Waals surface area contributed by atoms with Gasteiger partial charge >= 0.3 is 0 Å². The summed E-state index contributed by atoms with van der Waals surface area (Å²) in [4.78, 5) is 0. The fourth-order valence-corrected chi connectivity index (χ4v) is 2.87. The van der Waals surface area contributed by atoms with Gasteiger partial charge in [0.15, 0.2) is 5.82 Å². The van der Waals surface area contributed by atoms with E-state index < -0.39 is 0 Å². The zero-order valence-electron chi connectivity index (χ0n) is 14.9. The Morgan fingerprint density at radius 2 is 1.85 bits per heavy atom. The van der Waals surface area contributed by atoms with E-state index in [0.717, 1.165) is 18.1 Å². The van der Waals surface area contributed by atoms with Crippen LogP contribution in [0.5, 0.6) is 5.75 Å². The maximum absolute atomic E-state index is 5.83. The Labute approximate surface area is 153 Å². The predicted octanol–water partition coefficient (Wildman–Crippen LogP) is 3.44. The second kappa shape index (κ2) is 7.66. The molecule has 1 aliphatic rings. The zero-order valence-corrected chi connectivity index (χ0v) is 14.9. The van der Waals surface area contributed by atoms with Crippen molar-refractivity contribution in [1.82, 2.24) is 25.5 Å². The smallest absolute Gasteiger partial charge is 0.168 e. The van der Waals surface area contributed by atoms with Gasteiger partial charge in [-0.05, 0) is 53.5 Å². The molecule has 134 valence electrons. The fourth-order valence-electron chi connectivity index (χ4n) is 2.87. The summed E-state index contributed by atoms with van der Waals surface area (Å²) in [6.07, 6.45) is 2.35. The standard InChI is InChI=1S/C20H23N5O/c1-15(20-22-23-24-25(20)18-9-10-18)21-13-16-7-11-19(12-8-16)26-14-17-5-3-2-4-6-17/h2-8,11-12,15,18,21H,9-10,13-14H2,1H3/t15-/m0/s1. The number of nitrogens with one attached hydrogen (secondary N) is 1. The number of tetrazole rings is 1. The lowest BCUT2D eigenvalue weighted by molar-refractivity contribution is 0.306. The lowest BCUT2D eigenvalue weighted by Crippen LogP contribution is -2.22. The Kier molecular flexibility index (Phi) is 4.93. The number of ether oxygens (including phenoxy) is 1. The van der Waals surface area contributed by atoms with Gasteiger partial charge in [-0.15, -0.1) is 5.10 Å². The molecule has 2 aromatic carbocycles. The van der Waals surface area contributed by atoms with Crippen LogP contribution in [0.4, 0.5) is 0 Å². The molecule has 1 atom stereocenters. The summed E-state index contributed by atoms with van der Waals surface area (Å²) >= 11 is 0. The van der Waals surface area contributed by atoms with Crippen molar-refractivity contribution in [3.8, 4) is 5.75 Å². The van der Waals surface area contributed by atoms with E-state index >= 15 is 0 Å². The fraction of sp³-hybridized carbons (Fsp3) is 0.350. The first kappa shape index (κ1) is 16.7. The van der Waals surface area contributed by atoms with E-state index in [1.807, 2.05) is 35.0 Å². The van der Waals surface area contributed by atoms with Gasteiger partial charge in [0, 0.05) is 6.54 Å². The number of rotatable bonds is 8. The number of hydrogen-bond acceptors (Lipinski definition) is 5. The molecule has 0 spiro atoms. The van der Waals surface area contributed by atoms with E-state index in [1.54, 1.807) is 0 Å². The number of aromatic nitrogens is 4. The summed E-state index contributed by atoms with van der Waals surface area (Å²) in [5.74, 6) is 1.79. The molecule has 6 nitrogen and oxygen atoms in total. The van der Waals surface area contributed by atoms with Gasteiger partial charge in [-0.3, -0.25) is 0 Å². The van der Waals surface area contributed by atoms with Gasteiger partial charge in [0.05, 0.1) is 12.1 Å². The Hall–Kier alpha value is -2.73. The molecule has 0 radical (unpaired) electrons. The Bertz CT molecular complexity index is 827. The molecule has 1 N–H and O–H groups in total. The van der Waals surface area contributed by atoms with Crippen molar-refractivity contribution in [2.24, 2.45) is 0 Å². The number of benzene rings is 2. The highest BCUT2D eigenvalue weighted by atomic mass is 16.5. The molecule has 0 aliphatic heterocycles. The van der Waals surface area contributed by atoms with Crippen LogP contribution in [0.15, 0.2) is 54.6 Å². The Morgan fingerprint density at radius 3 is 2.58 bits per heavy atom. The average Bonchev–Trinajstić information content (AvgIpc) is 3.42. The van der Waals surface area contributed by atoms with Crippen LogP contribution < -0.4 is 10.1 Å². The van der Waals surface area contributed by atoms with Gasteiger partial charge < -0.3 is 10.1 Å². The second-order valence-electron chi connectivity index (χ2n) is 6.73. The zero-order chi connectivity index (χ0) is 17.8. The summed E-state index contributed by atoms with van der Waals surface area (Å²) in [6.45, 7) is 3.44. The summed E-state index contributed by atoms with van der Waals surface area (Å²) in [5, 5.41) is 15.6. The van der Waals surface area contributed by atoms with Crippen LogP contribution in [-0.4, -0.2) is 20.2 Å². The molecule has 4 rings (SSSR count). The van der Waals surface area contributed by atoms with E-state index in [1.165, 1.54) is 24.0 Å². The van der Waals surface area contributed by atoms with E-state index in [0.29, 0.717) is 12.6 Å². The Balaban J connectivity index is 1.29. The lowest BCUT2D eigenvalue weighted by atomic mass is 10.2. The topological polar surface area (TPSA) is 64.9 Å². The van der Waals surface area contributed by atoms with Crippen molar-refractivity contribution >= 4 is 0 Å². The second-order valence-corrected chi connectivity index (χ2v) is 6.73. The molecule has 3 aromatic rings. The lowest BCUT2D eigenvalue weighted by Gasteiger charge is -2.14. The molecule has 1 heterocycles. The van der Waals surface area contributed by atoms with Crippen LogP contribution in [-0.2, 0) is 13.2 Å². The predicted molar refractivity (Wildman–Crippen MR) is 98.6 cm³/mol. The van der Waals surface area contributed by atoms with Crippen molar-refractivity contribution in [3.63, 3.8) is 0 Å². The van der Waals surface area contributed by atoms with E-state index in [4.69, 9.17) is 4.74 Å². The summed E-state index contributed by atoms with van der Waals surface area (Å²) in [7, 11) is 0. The maximum atomic E-state index is 5.83. The molecule has 0 unspecified atom stereocenters. The summed E-state index contributed by atoms with van der Waals surface area (Å²) in [6, 6.07) is 19.0. The SMILES string of the molecule is C[C@H](NCc1ccc(OCc2ccccc2)cc1)c1nnnn1C1CC1. The normalized spacial score (nSPS) is 15.0. The molecule has 0 bridgehead atoms. The van der Waals surface area contributed by atoms with Crippen LogP contribution in [0, 0.1) is 0 Å². The monoisotopic (exact) mass is 349 g/mol. The quantitative estimate of drug-likeness (QED) is 0.675. The van der Waals surface area contributed by atoms with Gasteiger partial charge in [-0.2, -0.15) is 0 Å². The number of hydrogen-bond donors (Lipinski definition) is 1. The molecule has 1 aliphatic carbocycles. The van der Waals surface area contributed by atoms with E-state index in [9.17, 15) is 0 Å². The molecular weight excluding hydrogens is 326 g/mol. The van der Waals surface area contributed by atoms with Crippen molar-refractivity contribution in [2.45, 2.75) is 45.0 Å². The first-order valence-electron chi connectivity index (χ1n) is 9.06. The third kappa shape index (κ3) is 4.08. The van der Waals surface area contributed by atoms with Crippen LogP contribution >= 0.6 is 0 Å². The third-order valence-electron chi connectivity index (χ3n) is 4.58. The molecule has 0 saturated heterocycles. The minimum atomic E-state index is 0.111. The molecule has 1 saturated carbocycles. The molecule has 1 fully saturated rings. The van der Waals surface area contributed by atoms with Gasteiger partial charge in [-0.1, -0.05) is 42.5 Å². The largest absolute Gasteiger partial charge is 0.489 e. The first-order chi connectivity index (χ1) is 12.8. The summed E-state index contributed by atoms with van der Waals surface area (Å²) < 4.78 is 7.79. The number of nitrogens with zero attached hydrogens (tertiary/aromatic N) is 4. The highest BCUT2D eigenvalue weighted by Crippen LogP contribution is 2.35. The Morgan fingerprint density at radius 1 is 1.08 bits per heavy atom. The maximum Gasteiger partial charge on any atom is 0.168 e. The minimum absolute atomic E-state index is 0.111. The van der Waals surface area contributed by atoms with E-state index in [2.05, 4.69) is 52.0 Å². The molecule has 26 heavy (non-hydrogen) atoms. The molecule has 6 heteroatoms. The van der Waals surface area contributed by atoms with Gasteiger partial charge in [-0.25, -0.2) is 4.68 Å². The highest BCUT2D eigenvalue weighted by Gasteiger charge is 2.29. The minimum Gasteiger partial charge on any atom is -0.489 e. The van der Waals surface area contributed by atoms with Crippen molar-refractivity contribution in [1.29, 1.82) is 0 Å². The average molecular weight is 349 g/mol. The van der Waals surface area contributed by atoms with Crippen molar-refractivity contribution < 1.29 is 4.74 Å². The van der Waals surface area contributed by atoms with Crippen LogP contribution in [0.3, 0.4) is 0 Å². The molecule has 1 aromatic heterocycles. The van der Waals surface area contributed by atoms with Gasteiger partial charge in [0.2, 0.25) is 0 Å². The highest BCUT2D eigenvalue weighted by molar-refractivity contribution is 5.27. The van der Waals surface area contributed by atoms with E-state index in [-0.39, 0.29) is 6.04 Å². The summed E-state index contributed by atoms with van der Waals surface area (Å²) in [5.41, 5.74) is 2.37. The van der Waals surface area contributed by atoms with Crippen LogP contribution in [0.1, 0.15) is 48.8 Å². The van der Waals surface area contributed by atoms with Crippen molar-refractivity contribution in [2.75, 3.05) is 0 Å². The van der Waals surface area contributed by atoms with Crippen LogP contribution in [0.2, 0.25) is 0 Å².